The van der Waals surface area contributed by atoms with E-state index in [4.69, 9.17) is 14.7 Å². The van der Waals surface area contributed by atoms with Crippen LogP contribution in [0.4, 0.5) is 5.82 Å². The smallest absolute Gasteiger partial charge is 0.254 e. The second kappa shape index (κ2) is 8.37. The van der Waals surface area contributed by atoms with Crippen LogP contribution in [0.3, 0.4) is 0 Å². The molecule has 1 fully saturated rings. The summed E-state index contributed by atoms with van der Waals surface area (Å²) in [6, 6.07) is 7.31. The van der Waals surface area contributed by atoms with Crippen LogP contribution in [-0.4, -0.2) is 66.5 Å². The van der Waals surface area contributed by atoms with E-state index in [-0.39, 0.29) is 5.91 Å². The number of likely N-dealkylation sites (tertiary alicyclic amines) is 1. The number of methoxy groups -OCH3 is 1. The Morgan fingerprint density at radius 1 is 1.28 bits per heavy atom. The summed E-state index contributed by atoms with van der Waals surface area (Å²) < 4.78 is 5.26. The number of nitrogens with zero attached hydrogens (tertiary/aromatic N) is 4. The maximum atomic E-state index is 13.0. The van der Waals surface area contributed by atoms with Crippen molar-refractivity contribution in [2.45, 2.75) is 31.7 Å². The number of hydrogen-bond donors (Lipinski definition) is 1. The van der Waals surface area contributed by atoms with Crippen molar-refractivity contribution in [1.82, 2.24) is 19.8 Å². The number of amides is 1. The highest BCUT2D eigenvalue weighted by atomic mass is 16.5. The second-order valence-electron chi connectivity index (χ2n) is 7.92. The van der Waals surface area contributed by atoms with Crippen LogP contribution in [0.1, 0.15) is 46.2 Å². The fourth-order valence-electron chi connectivity index (χ4n) is 4.31. The quantitative estimate of drug-likeness (QED) is 0.858. The molecule has 7 heteroatoms. The fourth-order valence-corrected chi connectivity index (χ4v) is 4.31. The van der Waals surface area contributed by atoms with Crippen LogP contribution in [-0.2, 0) is 13.0 Å². The topological polar surface area (TPSA) is 70.6 Å². The molecule has 0 aliphatic carbocycles. The molecular formula is C22H29N5O2. The summed E-state index contributed by atoms with van der Waals surface area (Å²) in [5.41, 5.74) is 2.74. The molecule has 1 amide bonds. The molecule has 1 saturated heterocycles. The Balaban J connectivity index is 1.58. The predicted molar refractivity (Wildman–Crippen MR) is 112 cm³/mol. The van der Waals surface area contributed by atoms with Crippen LogP contribution < -0.4 is 10.1 Å². The normalized spacial score (nSPS) is 19.6. The van der Waals surface area contributed by atoms with Gasteiger partial charge < -0.3 is 19.9 Å². The molecule has 0 unspecified atom stereocenters. The zero-order valence-electron chi connectivity index (χ0n) is 17.4. The van der Waals surface area contributed by atoms with Gasteiger partial charge in [0.1, 0.15) is 17.4 Å². The molecule has 2 aliphatic heterocycles. The van der Waals surface area contributed by atoms with Crippen LogP contribution in [0.5, 0.6) is 5.75 Å². The molecule has 1 N–H and O–H groups in total. The minimum absolute atomic E-state index is 0.00887. The van der Waals surface area contributed by atoms with Gasteiger partial charge in [0.2, 0.25) is 0 Å². The largest absolute Gasteiger partial charge is 0.497 e. The summed E-state index contributed by atoms with van der Waals surface area (Å²) in [5.74, 6) is 2.86. The third-order valence-corrected chi connectivity index (χ3v) is 5.91. The number of ether oxygens (including phenoxy) is 1. The van der Waals surface area contributed by atoms with Crippen molar-refractivity contribution in [2.75, 3.05) is 46.2 Å². The molecule has 1 atom stereocenters. The first-order chi connectivity index (χ1) is 14.1. The Hall–Kier alpha value is -2.67. The molecule has 1 aromatic carbocycles. The van der Waals surface area contributed by atoms with E-state index in [0.717, 1.165) is 48.8 Å². The monoisotopic (exact) mass is 395 g/mol. The number of anilines is 1. The highest BCUT2D eigenvalue weighted by Gasteiger charge is 2.28. The average molecular weight is 396 g/mol. The minimum Gasteiger partial charge on any atom is -0.497 e. The number of fused-ring (bicyclic) bond motifs is 1. The van der Waals surface area contributed by atoms with Gasteiger partial charge >= 0.3 is 0 Å². The Kier molecular flexibility index (Phi) is 5.67. The summed E-state index contributed by atoms with van der Waals surface area (Å²) in [5, 5.41) is 3.24. The van der Waals surface area contributed by atoms with E-state index >= 15 is 0 Å². The highest BCUT2D eigenvalue weighted by molar-refractivity contribution is 5.94. The van der Waals surface area contributed by atoms with E-state index in [9.17, 15) is 4.79 Å². The maximum Gasteiger partial charge on any atom is 0.254 e. The molecule has 0 radical (unpaired) electrons. The lowest BCUT2D eigenvalue weighted by atomic mass is 9.96. The number of benzene rings is 1. The van der Waals surface area contributed by atoms with Crippen molar-refractivity contribution < 1.29 is 9.53 Å². The summed E-state index contributed by atoms with van der Waals surface area (Å²) in [7, 11) is 5.66. The average Bonchev–Trinajstić information content (AvgIpc) is 2.77. The van der Waals surface area contributed by atoms with Gasteiger partial charge in [-0.15, -0.1) is 0 Å². The molecule has 1 aromatic heterocycles. The van der Waals surface area contributed by atoms with Gasteiger partial charge in [-0.25, -0.2) is 9.97 Å². The summed E-state index contributed by atoms with van der Waals surface area (Å²) in [4.78, 5) is 27.0. The third kappa shape index (κ3) is 4.05. The SMILES string of the molecule is CNc1nc([C@H]2CCCN(C)C2)nc2c1CN(C(=O)c1cccc(OC)c1)CC2. The van der Waals surface area contributed by atoms with Gasteiger partial charge in [-0.05, 0) is 44.6 Å². The molecule has 4 rings (SSSR count). The molecule has 2 aromatic rings. The molecule has 2 aliphatic rings. The lowest BCUT2D eigenvalue weighted by Crippen LogP contribution is -2.37. The van der Waals surface area contributed by atoms with E-state index in [2.05, 4.69) is 17.3 Å². The van der Waals surface area contributed by atoms with Gasteiger partial charge in [-0.3, -0.25) is 4.79 Å². The molecule has 29 heavy (non-hydrogen) atoms. The number of rotatable bonds is 4. The molecule has 3 heterocycles. The lowest BCUT2D eigenvalue weighted by molar-refractivity contribution is 0.0733. The molecule has 0 bridgehead atoms. The molecule has 7 nitrogen and oxygen atoms in total. The summed E-state index contributed by atoms with van der Waals surface area (Å²) >= 11 is 0. The van der Waals surface area contributed by atoms with Crippen molar-refractivity contribution in [3.63, 3.8) is 0 Å². The van der Waals surface area contributed by atoms with Crippen molar-refractivity contribution in [1.29, 1.82) is 0 Å². The Morgan fingerprint density at radius 2 is 2.14 bits per heavy atom. The van der Waals surface area contributed by atoms with E-state index in [1.807, 2.05) is 30.1 Å². The first kappa shape index (κ1) is 19.6. The van der Waals surface area contributed by atoms with E-state index in [0.29, 0.717) is 30.3 Å². The van der Waals surface area contributed by atoms with E-state index in [1.54, 1.807) is 13.2 Å². The number of nitrogens with one attached hydrogen (secondary N) is 1. The lowest BCUT2D eigenvalue weighted by Gasteiger charge is -2.32. The first-order valence-electron chi connectivity index (χ1n) is 10.3. The molecule has 0 saturated carbocycles. The number of aromatic nitrogens is 2. The third-order valence-electron chi connectivity index (χ3n) is 5.91. The number of likely N-dealkylation sites (N-methyl/N-ethyl adjacent to an activating group) is 1. The predicted octanol–water partition coefficient (Wildman–Crippen LogP) is 2.53. The Morgan fingerprint density at radius 3 is 2.90 bits per heavy atom. The maximum absolute atomic E-state index is 13.0. The number of piperidine rings is 1. The standard InChI is InChI=1S/C22H29N5O2/c1-23-21-18-14-27(22(28)15-6-4-8-17(12-15)29-3)11-9-19(18)24-20(25-21)16-7-5-10-26(2)13-16/h4,6,8,12,16H,5,7,9-11,13-14H2,1-3H3,(H,23,24,25)/t16-/m0/s1. The van der Waals surface area contributed by atoms with Gasteiger partial charge in [0.05, 0.1) is 19.3 Å². The van der Waals surface area contributed by atoms with E-state index < -0.39 is 0 Å². The number of carbonyl (C=O) groups is 1. The minimum atomic E-state index is 0.00887. The number of hydrogen-bond acceptors (Lipinski definition) is 6. The van der Waals surface area contributed by atoms with Crippen LogP contribution in [0, 0.1) is 0 Å². The molecular weight excluding hydrogens is 366 g/mol. The summed E-state index contributed by atoms with van der Waals surface area (Å²) in [6.45, 7) is 3.32. The van der Waals surface area contributed by atoms with Crippen molar-refractivity contribution in [3.8, 4) is 5.75 Å². The van der Waals surface area contributed by atoms with Crippen LogP contribution in [0.15, 0.2) is 24.3 Å². The van der Waals surface area contributed by atoms with Crippen LogP contribution >= 0.6 is 0 Å². The molecule has 0 spiro atoms. The zero-order chi connectivity index (χ0) is 20.4. The van der Waals surface area contributed by atoms with Gasteiger partial charge in [0, 0.05) is 43.6 Å². The van der Waals surface area contributed by atoms with Crippen LogP contribution in [0.25, 0.3) is 0 Å². The summed E-state index contributed by atoms with van der Waals surface area (Å²) in [6.07, 6.45) is 3.06. The van der Waals surface area contributed by atoms with E-state index in [1.165, 1.54) is 6.42 Å². The molecule has 154 valence electrons. The van der Waals surface area contributed by atoms with Crippen molar-refractivity contribution in [2.24, 2.45) is 0 Å². The van der Waals surface area contributed by atoms with Crippen molar-refractivity contribution in [3.05, 3.63) is 46.9 Å². The Bertz CT molecular complexity index is 884. The van der Waals surface area contributed by atoms with Crippen LogP contribution in [0.2, 0.25) is 0 Å². The van der Waals surface area contributed by atoms with Gasteiger partial charge in [0.25, 0.3) is 5.91 Å². The second-order valence-corrected chi connectivity index (χ2v) is 7.92. The zero-order valence-corrected chi connectivity index (χ0v) is 17.4. The van der Waals surface area contributed by atoms with Crippen molar-refractivity contribution >= 4 is 11.7 Å². The van der Waals surface area contributed by atoms with Gasteiger partial charge in [-0.1, -0.05) is 6.07 Å². The highest BCUT2D eigenvalue weighted by Crippen LogP contribution is 2.30. The van der Waals surface area contributed by atoms with Gasteiger partial charge in [-0.2, -0.15) is 0 Å². The Labute approximate surface area is 172 Å². The first-order valence-corrected chi connectivity index (χ1v) is 10.3. The number of carbonyl (C=O) groups excluding carboxylic acids is 1. The fraction of sp³-hybridized carbons (Fsp3) is 0.500. The van der Waals surface area contributed by atoms with Gasteiger partial charge in [0.15, 0.2) is 0 Å².